The number of aromatic amines is 1. The summed E-state index contributed by atoms with van der Waals surface area (Å²) in [5, 5.41) is 9.96. The summed E-state index contributed by atoms with van der Waals surface area (Å²) in [5.41, 5.74) is 2.94. The molecule has 2 aromatic carbocycles. The molecule has 0 saturated heterocycles. The molecule has 0 amide bonds. The molecule has 0 radical (unpaired) electrons. The fourth-order valence-corrected chi connectivity index (χ4v) is 2.30. The van der Waals surface area contributed by atoms with Crippen molar-refractivity contribution >= 4 is 16.9 Å². The van der Waals surface area contributed by atoms with Crippen LogP contribution in [-0.2, 0) is 0 Å². The normalized spacial score (nSPS) is 10.7. The predicted octanol–water partition coefficient (Wildman–Crippen LogP) is 3.54. The van der Waals surface area contributed by atoms with E-state index in [0.29, 0.717) is 0 Å². The molecular formula is C16H13NO3. The summed E-state index contributed by atoms with van der Waals surface area (Å²) in [4.78, 5) is 14.0. The third kappa shape index (κ3) is 2.01. The average Bonchev–Trinajstić information content (AvgIpc) is 2.91. The van der Waals surface area contributed by atoms with E-state index in [4.69, 9.17) is 9.84 Å². The van der Waals surface area contributed by atoms with E-state index in [2.05, 4.69) is 4.98 Å². The van der Waals surface area contributed by atoms with Crippen molar-refractivity contribution < 1.29 is 14.6 Å². The maximum absolute atomic E-state index is 11.1. The Hall–Kier alpha value is -2.75. The number of hydrogen-bond donors (Lipinski definition) is 2. The quantitative estimate of drug-likeness (QED) is 0.763. The SMILES string of the molecule is COc1cccc(-c2cccc3cc(C(=O)O)[nH]c23)c1. The molecule has 0 saturated carbocycles. The highest BCUT2D eigenvalue weighted by molar-refractivity contribution is 6.00. The molecule has 20 heavy (non-hydrogen) atoms. The summed E-state index contributed by atoms with van der Waals surface area (Å²) in [6.07, 6.45) is 0. The summed E-state index contributed by atoms with van der Waals surface area (Å²) in [7, 11) is 1.62. The molecule has 2 N–H and O–H groups in total. The number of rotatable bonds is 3. The van der Waals surface area contributed by atoms with Gasteiger partial charge in [-0.3, -0.25) is 0 Å². The molecule has 0 fully saturated rings. The zero-order chi connectivity index (χ0) is 14.1. The number of aromatic carboxylic acids is 1. The minimum atomic E-state index is -0.960. The fraction of sp³-hybridized carbons (Fsp3) is 0.0625. The van der Waals surface area contributed by atoms with Crippen LogP contribution in [0.1, 0.15) is 10.5 Å². The zero-order valence-corrected chi connectivity index (χ0v) is 10.9. The summed E-state index contributed by atoms with van der Waals surface area (Å²) in [6, 6.07) is 15.1. The summed E-state index contributed by atoms with van der Waals surface area (Å²) in [6.45, 7) is 0. The Kier molecular flexibility index (Phi) is 2.91. The van der Waals surface area contributed by atoms with Gasteiger partial charge in [0.25, 0.3) is 0 Å². The first-order valence-corrected chi connectivity index (χ1v) is 6.18. The van der Waals surface area contributed by atoms with Crippen molar-refractivity contribution in [2.45, 2.75) is 0 Å². The van der Waals surface area contributed by atoms with Gasteiger partial charge in [-0.1, -0.05) is 30.3 Å². The van der Waals surface area contributed by atoms with E-state index in [-0.39, 0.29) is 5.69 Å². The second kappa shape index (κ2) is 4.74. The van der Waals surface area contributed by atoms with Crippen molar-refractivity contribution in [2.24, 2.45) is 0 Å². The van der Waals surface area contributed by atoms with E-state index in [9.17, 15) is 4.79 Å². The van der Waals surface area contributed by atoms with Gasteiger partial charge in [-0.25, -0.2) is 4.79 Å². The van der Waals surface area contributed by atoms with Gasteiger partial charge in [0, 0.05) is 10.9 Å². The number of methoxy groups -OCH3 is 1. The number of carboxylic acids is 1. The maximum Gasteiger partial charge on any atom is 0.352 e. The van der Waals surface area contributed by atoms with Crippen molar-refractivity contribution in [1.82, 2.24) is 4.98 Å². The Morgan fingerprint density at radius 3 is 2.70 bits per heavy atom. The third-order valence-electron chi connectivity index (χ3n) is 3.27. The Balaban J connectivity index is 2.22. The molecule has 0 aliphatic carbocycles. The van der Waals surface area contributed by atoms with Gasteiger partial charge in [-0.15, -0.1) is 0 Å². The highest BCUT2D eigenvalue weighted by Gasteiger charge is 2.11. The van der Waals surface area contributed by atoms with Crippen LogP contribution < -0.4 is 4.74 Å². The number of ether oxygens (including phenoxy) is 1. The Labute approximate surface area is 115 Å². The lowest BCUT2D eigenvalue weighted by Gasteiger charge is -2.06. The van der Waals surface area contributed by atoms with E-state index in [1.165, 1.54) is 0 Å². The standard InChI is InChI=1S/C16H13NO3/c1-20-12-6-2-4-10(8-12)13-7-3-5-11-9-14(16(18)19)17-15(11)13/h2-9,17H,1H3,(H,18,19). The minimum absolute atomic E-state index is 0.190. The summed E-state index contributed by atoms with van der Waals surface area (Å²) in [5.74, 6) is -0.192. The fourth-order valence-electron chi connectivity index (χ4n) is 2.30. The van der Waals surface area contributed by atoms with Gasteiger partial charge in [0.1, 0.15) is 11.4 Å². The second-order valence-corrected chi connectivity index (χ2v) is 4.49. The highest BCUT2D eigenvalue weighted by Crippen LogP contribution is 2.30. The second-order valence-electron chi connectivity index (χ2n) is 4.49. The summed E-state index contributed by atoms with van der Waals surface area (Å²) >= 11 is 0. The van der Waals surface area contributed by atoms with E-state index < -0.39 is 5.97 Å². The van der Waals surface area contributed by atoms with Crippen LogP contribution in [0.2, 0.25) is 0 Å². The Morgan fingerprint density at radius 1 is 1.15 bits per heavy atom. The molecule has 100 valence electrons. The molecule has 3 aromatic rings. The third-order valence-corrected chi connectivity index (χ3v) is 3.27. The number of carboxylic acid groups (broad SMARTS) is 1. The van der Waals surface area contributed by atoms with Crippen LogP contribution in [0.25, 0.3) is 22.0 Å². The first kappa shape index (κ1) is 12.3. The Bertz CT molecular complexity index is 789. The molecule has 0 spiro atoms. The zero-order valence-electron chi connectivity index (χ0n) is 10.9. The first-order chi connectivity index (χ1) is 9.69. The van der Waals surface area contributed by atoms with Crippen LogP contribution in [0.5, 0.6) is 5.75 Å². The number of hydrogen-bond acceptors (Lipinski definition) is 2. The lowest BCUT2D eigenvalue weighted by Crippen LogP contribution is -1.95. The molecule has 0 unspecified atom stereocenters. The minimum Gasteiger partial charge on any atom is -0.497 e. The maximum atomic E-state index is 11.1. The van der Waals surface area contributed by atoms with E-state index in [1.54, 1.807) is 13.2 Å². The first-order valence-electron chi connectivity index (χ1n) is 6.18. The molecule has 4 nitrogen and oxygen atoms in total. The monoisotopic (exact) mass is 267 g/mol. The number of nitrogens with one attached hydrogen (secondary N) is 1. The highest BCUT2D eigenvalue weighted by atomic mass is 16.5. The number of H-pyrrole nitrogens is 1. The van der Waals surface area contributed by atoms with Crippen LogP contribution in [-0.4, -0.2) is 23.2 Å². The van der Waals surface area contributed by atoms with Crippen molar-refractivity contribution in [2.75, 3.05) is 7.11 Å². The molecule has 1 aromatic heterocycles. The van der Waals surface area contributed by atoms with Gasteiger partial charge in [-0.2, -0.15) is 0 Å². The predicted molar refractivity (Wildman–Crippen MR) is 77.2 cm³/mol. The van der Waals surface area contributed by atoms with Crippen LogP contribution in [0.3, 0.4) is 0 Å². The van der Waals surface area contributed by atoms with E-state index in [0.717, 1.165) is 27.8 Å². The molecule has 0 bridgehead atoms. The van der Waals surface area contributed by atoms with E-state index in [1.807, 2.05) is 42.5 Å². The molecule has 0 aliphatic rings. The Morgan fingerprint density at radius 2 is 1.95 bits per heavy atom. The topological polar surface area (TPSA) is 62.3 Å². The van der Waals surface area contributed by atoms with Gasteiger partial charge in [-0.05, 0) is 23.8 Å². The number of aromatic nitrogens is 1. The van der Waals surface area contributed by atoms with Crippen molar-refractivity contribution in [1.29, 1.82) is 0 Å². The van der Waals surface area contributed by atoms with Crippen molar-refractivity contribution in [3.8, 4) is 16.9 Å². The molecule has 3 rings (SSSR count). The van der Waals surface area contributed by atoms with Crippen molar-refractivity contribution in [3.63, 3.8) is 0 Å². The van der Waals surface area contributed by atoms with Crippen LogP contribution in [0.15, 0.2) is 48.5 Å². The van der Waals surface area contributed by atoms with Gasteiger partial charge < -0.3 is 14.8 Å². The number of carbonyl (C=O) groups is 1. The molecule has 0 atom stereocenters. The molecular weight excluding hydrogens is 254 g/mol. The average molecular weight is 267 g/mol. The van der Waals surface area contributed by atoms with Crippen LogP contribution >= 0.6 is 0 Å². The number of benzene rings is 2. The summed E-state index contributed by atoms with van der Waals surface area (Å²) < 4.78 is 5.23. The van der Waals surface area contributed by atoms with Gasteiger partial charge >= 0.3 is 5.97 Å². The van der Waals surface area contributed by atoms with Crippen LogP contribution in [0, 0.1) is 0 Å². The van der Waals surface area contributed by atoms with Gasteiger partial charge in [0.2, 0.25) is 0 Å². The smallest absolute Gasteiger partial charge is 0.352 e. The largest absolute Gasteiger partial charge is 0.497 e. The molecule has 1 heterocycles. The van der Waals surface area contributed by atoms with Gasteiger partial charge in [0.15, 0.2) is 0 Å². The molecule has 0 aliphatic heterocycles. The van der Waals surface area contributed by atoms with Gasteiger partial charge in [0.05, 0.1) is 12.6 Å². The van der Waals surface area contributed by atoms with Crippen LogP contribution in [0.4, 0.5) is 0 Å². The lowest BCUT2D eigenvalue weighted by molar-refractivity contribution is 0.0691. The molecule has 4 heteroatoms. The van der Waals surface area contributed by atoms with E-state index >= 15 is 0 Å². The lowest BCUT2D eigenvalue weighted by atomic mass is 10.0. The van der Waals surface area contributed by atoms with Crippen molar-refractivity contribution in [3.05, 3.63) is 54.2 Å². The number of para-hydroxylation sites is 1. The number of fused-ring (bicyclic) bond motifs is 1.